The first-order chi connectivity index (χ1) is 14.8. The monoisotopic (exact) mass is 444 g/mol. The molecule has 0 unspecified atom stereocenters. The molecule has 0 spiro atoms. The Morgan fingerprint density at radius 3 is 1.90 bits per heavy atom. The fraction of sp³-hybridized carbons (Fsp3) is 0.640. The summed E-state index contributed by atoms with van der Waals surface area (Å²) in [5.41, 5.74) is 0.903. The molecule has 4 saturated carbocycles. The van der Waals surface area contributed by atoms with Gasteiger partial charge in [0.1, 0.15) is 0 Å². The second-order valence-electron chi connectivity index (χ2n) is 9.72. The molecular weight excluding hydrogens is 408 g/mol. The Labute approximate surface area is 187 Å². The van der Waals surface area contributed by atoms with Gasteiger partial charge in [-0.1, -0.05) is 26.0 Å². The highest BCUT2D eigenvalue weighted by Crippen LogP contribution is 2.57. The average Bonchev–Trinajstić information content (AvgIpc) is 2.72. The number of carbonyl (C=O) groups excluding carboxylic acids is 1. The Morgan fingerprint density at radius 2 is 1.45 bits per heavy atom. The number of nitrogens with zero attached hydrogens (tertiary/aromatic N) is 2. The van der Waals surface area contributed by atoms with E-state index in [9.17, 15) is 13.2 Å². The standard InChI is InChI=1S/C25H36N2O3S/c1-4-26(5-2)31(29,30)23-10-7-19(8-11-23)9-12-24(28)27(6-3)25-16-20-13-21(17-25)15-22(14-20)18-25/h7-12,20-22H,4-6,13-18H2,1-3H3. The molecule has 1 aromatic carbocycles. The van der Waals surface area contributed by atoms with Crippen molar-refractivity contribution in [3.8, 4) is 0 Å². The van der Waals surface area contributed by atoms with Crippen LogP contribution in [0.4, 0.5) is 0 Å². The second kappa shape index (κ2) is 8.70. The lowest BCUT2D eigenvalue weighted by molar-refractivity contribution is -0.145. The SMILES string of the molecule is CCN(C(=O)C=Cc1ccc(S(=O)(=O)N(CC)CC)cc1)C12CC3CC(CC(C3)C1)C2. The summed E-state index contributed by atoms with van der Waals surface area (Å²) < 4.78 is 26.8. The van der Waals surface area contributed by atoms with E-state index in [-0.39, 0.29) is 11.4 Å². The number of rotatable bonds is 8. The molecule has 4 aliphatic rings. The van der Waals surface area contributed by atoms with Crippen LogP contribution in [-0.4, -0.2) is 48.7 Å². The van der Waals surface area contributed by atoms with E-state index in [1.165, 1.54) is 42.8 Å². The smallest absolute Gasteiger partial charge is 0.247 e. The fourth-order valence-electron chi connectivity index (χ4n) is 6.84. The number of hydrogen-bond acceptors (Lipinski definition) is 3. The van der Waals surface area contributed by atoms with Crippen LogP contribution in [0.25, 0.3) is 6.08 Å². The molecule has 0 saturated heterocycles. The van der Waals surface area contributed by atoms with E-state index in [2.05, 4.69) is 11.8 Å². The van der Waals surface area contributed by atoms with Gasteiger partial charge in [-0.25, -0.2) is 8.42 Å². The normalized spacial score (nSPS) is 29.7. The van der Waals surface area contributed by atoms with Gasteiger partial charge in [0.05, 0.1) is 4.90 Å². The Bertz CT molecular complexity index is 897. The minimum absolute atomic E-state index is 0.0621. The largest absolute Gasteiger partial charge is 0.334 e. The molecular formula is C25H36N2O3S. The summed E-state index contributed by atoms with van der Waals surface area (Å²) in [7, 11) is -3.46. The lowest BCUT2D eigenvalue weighted by Crippen LogP contribution is -2.61. The van der Waals surface area contributed by atoms with Gasteiger partial charge in [0.2, 0.25) is 15.9 Å². The Morgan fingerprint density at radius 1 is 0.935 bits per heavy atom. The minimum Gasteiger partial charge on any atom is -0.334 e. The highest BCUT2D eigenvalue weighted by atomic mass is 32.2. The molecule has 0 aliphatic heterocycles. The predicted octanol–water partition coefficient (Wildman–Crippen LogP) is 4.55. The van der Waals surface area contributed by atoms with Gasteiger partial charge in [0, 0.05) is 31.2 Å². The third-order valence-electron chi connectivity index (χ3n) is 7.80. The molecule has 4 aliphatic carbocycles. The molecule has 4 bridgehead atoms. The van der Waals surface area contributed by atoms with Crippen LogP contribution in [0, 0.1) is 17.8 Å². The fourth-order valence-corrected chi connectivity index (χ4v) is 8.30. The summed E-state index contributed by atoms with van der Waals surface area (Å²) in [6, 6.07) is 6.82. The maximum atomic E-state index is 13.2. The molecule has 31 heavy (non-hydrogen) atoms. The Kier molecular flexibility index (Phi) is 6.32. The van der Waals surface area contributed by atoms with Crippen LogP contribution in [-0.2, 0) is 14.8 Å². The summed E-state index contributed by atoms with van der Waals surface area (Å²) in [6.45, 7) is 7.42. The van der Waals surface area contributed by atoms with E-state index >= 15 is 0 Å². The molecule has 4 fully saturated rings. The van der Waals surface area contributed by atoms with E-state index in [1.807, 2.05) is 19.9 Å². The molecule has 0 N–H and O–H groups in total. The zero-order chi connectivity index (χ0) is 22.2. The van der Waals surface area contributed by atoms with Gasteiger partial charge in [-0.2, -0.15) is 4.31 Å². The van der Waals surface area contributed by atoms with E-state index in [4.69, 9.17) is 0 Å². The van der Waals surface area contributed by atoms with Gasteiger partial charge in [-0.05, 0) is 87.0 Å². The van der Waals surface area contributed by atoms with Crippen molar-refractivity contribution in [3.05, 3.63) is 35.9 Å². The molecule has 1 aromatic rings. The van der Waals surface area contributed by atoms with Crippen molar-refractivity contribution in [1.29, 1.82) is 0 Å². The lowest BCUT2D eigenvalue weighted by Gasteiger charge is -2.60. The van der Waals surface area contributed by atoms with Crippen LogP contribution in [0.3, 0.4) is 0 Å². The lowest BCUT2D eigenvalue weighted by atomic mass is 9.52. The van der Waals surface area contributed by atoms with Crippen molar-refractivity contribution in [2.75, 3.05) is 19.6 Å². The number of amides is 1. The predicted molar refractivity (Wildman–Crippen MR) is 124 cm³/mol. The van der Waals surface area contributed by atoms with Gasteiger partial charge in [-0.15, -0.1) is 0 Å². The van der Waals surface area contributed by atoms with Crippen LogP contribution in [0.5, 0.6) is 0 Å². The van der Waals surface area contributed by atoms with Crippen LogP contribution < -0.4 is 0 Å². The summed E-state index contributed by atoms with van der Waals surface area (Å²) in [4.78, 5) is 15.6. The van der Waals surface area contributed by atoms with Crippen LogP contribution in [0.2, 0.25) is 0 Å². The highest BCUT2D eigenvalue weighted by Gasteiger charge is 2.54. The summed E-state index contributed by atoms with van der Waals surface area (Å²) >= 11 is 0. The number of carbonyl (C=O) groups is 1. The van der Waals surface area contributed by atoms with Crippen molar-refractivity contribution in [2.45, 2.75) is 69.7 Å². The van der Waals surface area contributed by atoms with Gasteiger partial charge in [0.25, 0.3) is 0 Å². The molecule has 5 rings (SSSR count). The first-order valence-corrected chi connectivity index (χ1v) is 13.3. The van der Waals surface area contributed by atoms with Crippen molar-refractivity contribution < 1.29 is 13.2 Å². The third-order valence-corrected chi connectivity index (χ3v) is 9.87. The van der Waals surface area contributed by atoms with E-state index in [0.29, 0.717) is 18.0 Å². The summed E-state index contributed by atoms with van der Waals surface area (Å²) in [6.07, 6.45) is 11.1. The molecule has 170 valence electrons. The first kappa shape index (κ1) is 22.5. The summed E-state index contributed by atoms with van der Waals surface area (Å²) in [5, 5.41) is 0. The first-order valence-electron chi connectivity index (χ1n) is 11.9. The maximum Gasteiger partial charge on any atom is 0.247 e. The van der Waals surface area contributed by atoms with Crippen molar-refractivity contribution >= 4 is 22.0 Å². The number of benzene rings is 1. The Balaban J connectivity index is 1.47. The van der Waals surface area contributed by atoms with Crippen molar-refractivity contribution in [1.82, 2.24) is 9.21 Å². The summed E-state index contributed by atoms with van der Waals surface area (Å²) in [5.74, 6) is 2.50. The quantitative estimate of drug-likeness (QED) is 0.553. The van der Waals surface area contributed by atoms with Crippen LogP contribution >= 0.6 is 0 Å². The van der Waals surface area contributed by atoms with Crippen LogP contribution in [0.15, 0.2) is 35.2 Å². The molecule has 1 amide bonds. The molecule has 6 heteroatoms. The van der Waals surface area contributed by atoms with Gasteiger partial charge >= 0.3 is 0 Å². The van der Waals surface area contributed by atoms with Crippen molar-refractivity contribution in [3.63, 3.8) is 0 Å². The van der Waals surface area contributed by atoms with E-state index < -0.39 is 10.0 Å². The topological polar surface area (TPSA) is 57.7 Å². The second-order valence-corrected chi connectivity index (χ2v) is 11.7. The van der Waals surface area contributed by atoms with E-state index in [0.717, 1.165) is 29.9 Å². The molecule has 0 atom stereocenters. The van der Waals surface area contributed by atoms with E-state index in [1.54, 1.807) is 30.3 Å². The number of likely N-dealkylation sites (N-methyl/N-ethyl adjacent to an activating group) is 1. The molecule has 5 nitrogen and oxygen atoms in total. The number of hydrogen-bond donors (Lipinski definition) is 0. The average molecular weight is 445 g/mol. The third kappa shape index (κ3) is 4.21. The molecule has 0 radical (unpaired) electrons. The highest BCUT2D eigenvalue weighted by molar-refractivity contribution is 7.89. The van der Waals surface area contributed by atoms with Crippen LogP contribution in [0.1, 0.15) is 64.9 Å². The Hall–Kier alpha value is -1.66. The molecule has 0 heterocycles. The maximum absolute atomic E-state index is 13.2. The van der Waals surface area contributed by atoms with Gasteiger partial charge in [-0.3, -0.25) is 4.79 Å². The number of sulfonamides is 1. The van der Waals surface area contributed by atoms with Crippen molar-refractivity contribution in [2.24, 2.45) is 17.8 Å². The molecule has 0 aromatic heterocycles. The van der Waals surface area contributed by atoms with Gasteiger partial charge in [0.15, 0.2) is 0 Å². The van der Waals surface area contributed by atoms with Gasteiger partial charge < -0.3 is 4.90 Å². The zero-order valence-corrected chi connectivity index (χ0v) is 19.9. The zero-order valence-electron chi connectivity index (χ0n) is 19.1. The minimum atomic E-state index is -3.46.